The van der Waals surface area contributed by atoms with Gasteiger partial charge in [-0.2, -0.15) is 0 Å². The van der Waals surface area contributed by atoms with Crippen molar-refractivity contribution in [3.63, 3.8) is 0 Å². The lowest BCUT2D eigenvalue weighted by Gasteiger charge is -2.29. The molecule has 0 amide bonds. The second-order valence-corrected chi connectivity index (χ2v) is 6.11. The van der Waals surface area contributed by atoms with Crippen molar-refractivity contribution >= 4 is 17.6 Å². The minimum Gasteiger partial charge on any atom is -0.419 e. The summed E-state index contributed by atoms with van der Waals surface area (Å²) < 4.78 is 10.1. The summed E-state index contributed by atoms with van der Waals surface area (Å²) in [5.74, 6) is -2.21. The number of hydrogen-bond donors (Lipinski definition) is 1. The molecule has 0 spiro atoms. The fourth-order valence-electron chi connectivity index (χ4n) is 2.08. The number of aryl methyl sites for hydroxylation is 1. The van der Waals surface area contributed by atoms with Crippen molar-refractivity contribution < 1.29 is 19.1 Å². The molecule has 2 rings (SSSR count). The third-order valence-corrected chi connectivity index (χ3v) is 3.42. The highest BCUT2D eigenvalue weighted by molar-refractivity contribution is 6.15. The van der Waals surface area contributed by atoms with Gasteiger partial charge in [-0.3, -0.25) is 0 Å². The van der Waals surface area contributed by atoms with Crippen LogP contribution in [0.1, 0.15) is 44.7 Å². The Balaban J connectivity index is 2.23. The first-order valence-corrected chi connectivity index (χ1v) is 7.23. The number of ether oxygens (including phenoxy) is 2. The van der Waals surface area contributed by atoms with E-state index in [1.54, 1.807) is 0 Å². The molecular formula is C17H21NO4. The van der Waals surface area contributed by atoms with Crippen LogP contribution in [0.25, 0.3) is 0 Å². The molecule has 0 saturated carbocycles. The predicted molar refractivity (Wildman–Crippen MR) is 83.2 cm³/mol. The van der Waals surface area contributed by atoms with Gasteiger partial charge in [-0.1, -0.05) is 26.0 Å². The Morgan fingerprint density at radius 1 is 1.14 bits per heavy atom. The van der Waals surface area contributed by atoms with Crippen LogP contribution in [0.2, 0.25) is 0 Å². The normalized spacial score (nSPS) is 17.1. The summed E-state index contributed by atoms with van der Waals surface area (Å²) in [5, 5.41) is 3.00. The first-order valence-electron chi connectivity index (χ1n) is 7.23. The van der Waals surface area contributed by atoms with Crippen LogP contribution in [0.5, 0.6) is 0 Å². The summed E-state index contributed by atoms with van der Waals surface area (Å²) in [7, 11) is 0. The van der Waals surface area contributed by atoms with E-state index in [0.717, 1.165) is 11.3 Å². The second kappa shape index (κ2) is 5.83. The quantitative estimate of drug-likeness (QED) is 0.527. The third-order valence-electron chi connectivity index (χ3n) is 3.42. The van der Waals surface area contributed by atoms with Crippen LogP contribution in [-0.2, 0) is 19.1 Å². The molecule has 5 nitrogen and oxygen atoms in total. The number of esters is 2. The molecule has 1 aromatic rings. The van der Waals surface area contributed by atoms with E-state index >= 15 is 0 Å². The van der Waals surface area contributed by atoms with Crippen LogP contribution in [-0.4, -0.2) is 17.7 Å². The first kappa shape index (κ1) is 16.1. The molecule has 0 aromatic heterocycles. The van der Waals surface area contributed by atoms with Gasteiger partial charge >= 0.3 is 11.9 Å². The zero-order valence-electron chi connectivity index (χ0n) is 13.5. The average Bonchev–Trinajstić information content (AvgIpc) is 2.38. The molecule has 118 valence electrons. The number of benzene rings is 1. The van der Waals surface area contributed by atoms with E-state index in [9.17, 15) is 9.59 Å². The Kier molecular flexibility index (Phi) is 4.26. The molecule has 1 aliphatic heterocycles. The van der Waals surface area contributed by atoms with Crippen LogP contribution in [0.15, 0.2) is 30.0 Å². The summed E-state index contributed by atoms with van der Waals surface area (Å²) >= 11 is 0. The topological polar surface area (TPSA) is 64.6 Å². The number of carbonyl (C=O) groups excluding carboxylic acids is 2. The van der Waals surface area contributed by atoms with E-state index in [1.807, 2.05) is 19.1 Å². The van der Waals surface area contributed by atoms with Crippen molar-refractivity contribution in [2.75, 3.05) is 5.32 Å². The number of carbonyl (C=O) groups is 2. The Bertz CT molecular complexity index is 622. The fraction of sp³-hybridized carbons (Fsp3) is 0.412. The predicted octanol–water partition coefficient (Wildman–Crippen LogP) is 3.25. The molecule has 0 radical (unpaired) electrons. The molecule has 0 aliphatic carbocycles. The molecule has 1 aromatic carbocycles. The molecule has 1 N–H and O–H groups in total. The number of nitrogens with one attached hydrogen (secondary N) is 1. The molecule has 1 fully saturated rings. The standard InChI is InChI=1S/C17H21NO4/c1-10(2)12-7-6-11(3)14(8-12)18-9-13-15(19)21-17(4,5)22-16(13)20/h6-10,18H,1-5H3. The Hall–Kier alpha value is -2.30. The largest absolute Gasteiger partial charge is 0.419 e. The van der Waals surface area contributed by atoms with E-state index in [-0.39, 0.29) is 5.57 Å². The molecule has 1 aliphatic rings. The summed E-state index contributed by atoms with van der Waals surface area (Å²) in [6.07, 6.45) is 1.34. The van der Waals surface area contributed by atoms with Gasteiger partial charge in [0, 0.05) is 25.7 Å². The van der Waals surface area contributed by atoms with Crippen LogP contribution in [0.3, 0.4) is 0 Å². The third kappa shape index (κ3) is 3.47. The zero-order valence-corrected chi connectivity index (χ0v) is 13.5. The highest BCUT2D eigenvalue weighted by Crippen LogP contribution is 2.25. The molecule has 22 heavy (non-hydrogen) atoms. The van der Waals surface area contributed by atoms with E-state index in [2.05, 4.69) is 25.2 Å². The molecule has 0 atom stereocenters. The molecule has 0 unspecified atom stereocenters. The first-order chi connectivity index (χ1) is 10.2. The lowest BCUT2D eigenvalue weighted by Crippen LogP contribution is -2.42. The maximum Gasteiger partial charge on any atom is 0.350 e. The van der Waals surface area contributed by atoms with Gasteiger partial charge in [0.05, 0.1) is 0 Å². The summed E-state index contributed by atoms with van der Waals surface area (Å²) in [4.78, 5) is 23.7. The second-order valence-electron chi connectivity index (χ2n) is 6.11. The van der Waals surface area contributed by atoms with Crippen molar-refractivity contribution in [2.24, 2.45) is 0 Å². The van der Waals surface area contributed by atoms with E-state index < -0.39 is 17.7 Å². The average molecular weight is 303 g/mol. The Labute approximate surface area is 130 Å². The van der Waals surface area contributed by atoms with Crippen LogP contribution in [0.4, 0.5) is 5.69 Å². The zero-order chi connectivity index (χ0) is 16.5. The van der Waals surface area contributed by atoms with Crippen LogP contribution >= 0.6 is 0 Å². The highest BCUT2D eigenvalue weighted by Gasteiger charge is 2.38. The summed E-state index contributed by atoms with van der Waals surface area (Å²) in [6.45, 7) is 9.19. The molecule has 1 saturated heterocycles. The number of hydrogen-bond acceptors (Lipinski definition) is 5. The van der Waals surface area contributed by atoms with Crippen molar-refractivity contribution in [3.8, 4) is 0 Å². The minimum atomic E-state index is -1.22. The molecular weight excluding hydrogens is 282 g/mol. The van der Waals surface area contributed by atoms with Gasteiger partial charge in [-0.15, -0.1) is 0 Å². The van der Waals surface area contributed by atoms with Gasteiger partial charge in [-0.25, -0.2) is 9.59 Å². The smallest absolute Gasteiger partial charge is 0.350 e. The number of rotatable bonds is 3. The summed E-state index contributed by atoms with van der Waals surface area (Å²) in [6, 6.07) is 6.06. The van der Waals surface area contributed by atoms with Crippen molar-refractivity contribution in [1.29, 1.82) is 0 Å². The van der Waals surface area contributed by atoms with Gasteiger partial charge in [0.1, 0.15) is 0 Å². The van der Waals surface area contributed by atoms with E-state index in [1.165, 1.54) is 25.6 Å². The van der Waals surface area contributed by atoms with Gasteiger partial charge in [0.2, 0.25) is 0 Å². The lowest BCUT2D eigenvalue weighted by molar-refractivity contribution is -0.222. The fourth-order valence-corrected chi connectivity index (χ4v) is 2.08. The van der Waals surface area contributed by atoms with Gasteiger partial charge in [0.15, 0.2) is 5.57 Å². The van der Waals surface area contributed by atoms with Crippen molar-refractivity contribution in [3.05, 3.63) is 41.1 Å². The minimum absolute atomic E-state index is 0.145. The van der Waals surface area contributed by atoms with Crippen molar-refractivity contribution in [1.82, 2.24) is 0 Å². The van der Waals surface area contributed by atoms with Gasteiger partial charge in [-0.05, 0) is 30.0 Å². The van der Waals surface area contributed by atoms with Gasteiger partial charge < -0.3 is 14.8 Å². The lowest BCUT2D eigenvalue weighted by atomic mass is 10.0. The Morgan fingerprint density at radius 3 is 2.27 bits per heavy atom. The maximum atomic E-state index is 11.9. The Morgan fingerprint density at radius 2 is 1.73 bits per heavy atom. The molecule has 0 bridgehead atoms. The number of cyclic esters (lactones) is 2. The molecule has 5 heteroatoms. The maximum absolute atomic E-state index is 11.9. The number of anilines is 1. The van der Waals surface area contributed by atoms with E-state index in [0.29, 0.717) is 5.92 Å². The highest BCUT2D eigenvalue weighted by atomic mass is 16.7. The van der Waals surface area contributed by atoms with Crippen LogP contribution < -0.4 is 5.32 Å². The monoisotopic (exact) mass is 303 g/mol. The van der Waals surface area contributed by atoms with Crippen molar-refractivity contribution in [2.45, 2.75) is 46.3 Å². The van der Waals surface area contributed by atoms with Gasteiger partial charge in [0.25, 0.3) is 5.79 Å². The summed E-state index contributed by atoms with van der Waals surface area (Å²) in [5.41, 5.74) is 2.87. The van der Waals surface area contributed by atoms with E-state index in [4.69, 9.17) is 9.47 Å². The molecule has 1 heterocycles. The SMILES string of the molecule is Cc1ccc(C(C)C)cc1NC=C1C(=O)OC(C)(C)OC1=O. The van der Waals surface area contributed by atoms with Crippen LogP contribution in [0, 0.1) is 6.92 Å².